The van der Waals surface area contributed by atoms with Gasteiger partial charge < -0.3 is 9.74 Å². The van der Waals surface area contributed by atoms with Gasteiger partial charge in [-0.25, -0.2) is 4.39 Å². The maximum atomic E-state index is 13.6. The Hall–Kier alpha value is -2.99. The summed E-state index contributed by atoms with van der Waals surface area (Å²) in [6, 6.07) is 18.1. The summed E-state index contributed by atoms with van der Waals surface area (Å²) in [6.07, 6.45) is 0.393. The number of benzene rings is 2. The second-order valence-electron chi connectivity index (χ2n) is 7.13. The highest BCUT2D eigenvalue weighted by Gasteiger charge is 2.27. The lowest BCUT2D eigenvalue weighted by molar-refractivity contribution is 0.0408. The molecule has 0 radical (unpaired) electrons. The fraction of sp³-hybridized carbons (Fsp3) is 0.217. The Balaban J connectivity index is 1.48. The quantitative estimate of drug-likeness (QED) is 0.574. The number of hydrogen-bond acceptors (Lipinski definition) is 4. The van der Waals surface area contributed by atoms with Crippen LogP contribution in [-0.2, 0) is 11.4 Å². The van der Waals surface area contributed by atoms with Gasteiger partial charge in [-0.2, -0.15) is 0 Å². The maximum Gasteiger partial charge on any atom is 0.264 e. The number of amides is 1. The van der Waals surface area contributed by atoms with Gasteiger partial charge in [0.1, 0.15) is 5.82 Å². The van der Waals surface area contributed by atoms with E-state index in [0.717, 1.165) is 16.8 Å². The van der Waals surface area contributed by atoms with Crippen LogP contribution in [0.15, 0.2) is 71.2 Å². The Labute approximate surface area is 173 Å². The summed E-state index contributed by atoms with van der Waals surface area (Å²) in [6.45, 7) is 2.74. The van der Waals surface area contributed by atoms with Crippen molar-refractivity contribution < 1.29 is 14.0 Å². The molecule has 0 saturated heterocycles. The summed E-state index contributed by atoms with van der Waals surface area (Å²) in [5.74, 6) is -0.398. The van der Waals surface area contributed by atoms with Crippen LogP contribution in [0.1, 0.15) is 32.8 Å². The molecule has 4 nitrogen and oxygen atoms in total. The first kappa shape index (κ1) is 19.3. The van der Waals surface area contributed by atoms with Gasteiger partial charge in [0, 0.05) is 13.0 Å². The molecule has 1 amide bonds. The van der Waals surface area contributed by atoms with Gasteiger partial charge in [-0.1, -0.05) is 53.2 Å². The van der Waals surface area contributed by atoms with Crippen molar-refractivity contribution in [3.63, 3.8) is 0 Å². The molecule has 0 saturated carbocycles. The van der Waals surface area contributed by atoms with Crippen molar-refractivity contribution in [3.05, 3.63) is 93.4 Å². The Morgan fingerprint density at radius 3 is 2.76 bits per heavy atom. The lowest BCUT2D eigenvalue weighted by Crippen LogP contribution is -2.37. The monoisotopic (exact) mass is 408 g/mol. The molecular formula is C23H21FN2O2S. The fourth-order valence-electron chi connectivity index (χ4n) is 3.32. The summed E-state index contributed by atoms with van der Waals surface area (Å²) in [7, 11) is 0. The molecule has 2 heterocycles. The molecule has 2 aromatic carbocycles. The van der Waals surface area contributed by atoms with E-state index in [2.05, 4.69) is 5.16 Å². The smallest absolute Gasteiger partial charge is 0.264 e. The van der Waals surface area contributed by atoms with E-state index in [4.69, 9.17) is 4.84 Å². The van der Waals surface area contributed by atoms with Gasteiger partial charge in [0.05, 0.1) is 17.1 Å². The van der Waals surface area contributed by atoms with Gasteiger partial charge in [0.2, 0.25) is 0 Å². The van der Waals surface area contributed by atoms with E-state index >= 15 is 0 Å². The molecule has 0 aliphatic carbocycles. The number of halogens is 1. The molecule has 3 aromatic rings. The van der Waals surface area contributed by atoms with E-state index in [-0.39, 0.29) is 17.8 Å². The number of hydrogen-bond donors (Lipinski definition) is 0. The van der Waals surface area contributed by atoms with E-state index in [0.29, 0.717) is 24.4 Å². The summed E-state index contributed by atoms with van der Waals surface area (Å²) in [5, 5.41) is 6.11. The second kappa shape index (κ2) is 8.57. The Morgan fingerprint density at radius 1 is 1.21 bits per heavy atom. The van der Waals surface area contributed by atoms with E-state index in [9.17, 15) is 9.18 Å². The molecule has 1 atom stereocenters. The van der Waals surface area contributed by atoms with Crippen molar-refractivity contribution in [2.24, 2.45) is 5.16 Å². The number of rotatable bonds is 6. The third-order valence-corrected chi connectivity index (χ3v) is 5.68. The zero-order valence-corrected chi connectivity index (χ0v) is 16.9. The van der Waals surface area contributed by atoms with Gasteiger partial charge in [-0.15, -0.1) is 11.3 Å². The van der Waals surface area contributed by atoms with Crippen LogP contribution in [0, 0.1) is 12.7 Å². The maximum absolute atomic E-state index is 13.6. The summed E-state index contributed by atoms with van der Waals surface area (Å²) in [5.41, 5.74) is 3.84. The largest absolute Gasteiger partial charge is 0.390 e. The first-order valence-electron chi connectivity index (χ1n) is 9.45. The van der Waals surface area contributed by atoms with Crippen molar-refractivity contribution >= 4 is 23.0 Å². The molecule has 1 aliphatic rings. The third kappa shape index (κ3) is 4.71. The molecule has 6 heteroatoms. The average Bonchev–Trinajstić information content (AvgIpc) is 3.40. The van der Waals surface area contributed by atoms with Gasteiger partial charge in [0.15, 0.2) is 6.10 Å². The van der Waals surface area contributed by atoms with E-state index in [1.807, 2.05) is 48.7 Å². The molecule has 0 unspecified atom stereocenters. The predicted molar refractivity (Wildman–Crippen MR) is 113 cm³/mol. The van der Waals surface area contributed by atoms with Gasteiger partial charge in [-0.05, 0) is 41.6 Å². The normalized spacial score (nSPS) is 15.7. The molecule has 148 valence electrons. The molecule has 0 bridgehead atoms. The van der Waals surface area contributed by atoms with Crippen LogP contribution in [-0.4, -0.2) is 29.2 Å². The first-order valence-corrected chi connectivity index (χ1v) is 10.3. The van der Waals surface area contributed by atoms with Crippen LogP contribution in [0.5, 0.6) is 0 Å². The number of thiophene rings is 1. The second-order valence-corrected chi connectivity index (χ2v) is 8.08. The third-order valence-electron chi connectivity index (χ3n) is 4.82. The molecule has 0 fully saturated rings. The fourth-order valence-corrected chi connectivity index (χ4v) is 4.01. The molecular weight excluding hydrogens is 387 g/mol. The molecule has 4 rings (SSSR count). The highest BCUT2D eigenvalue weighted by Crippen LogP contribution is 2.21. The number of oxime groups is 1. The highest BCUT2D eigenvalue weighted by atomic mass is 32.1. The standard InChI is InChI=1S/C23H21FN2O2S/c1-16-7-9-18(10-8-16)21-13-20(28-25-21)15-26(23(27)22-6-3-11-29-22)14-17-4-2-5-19(24)12-17/h2-12,20H,13-15H2,1H3/t20-/m0/s1. The van der Waals surface area contributed by atoms with Crippen LogP contribution >= 0.6 is 11.3 Å². The molecule has 29 heavy (non-hydrogen) atoms. The van der Waals surface area contributed by atoms with Crippen molar-refractivity contribution in [3.8, 4) is 0 Å². The van der Waals surface area contributed by atoms with Crippen LogP contribution < -0.4 is 0 Å². The van der Waals surface area contributed by atoms with Gasteiger partial charge >= 0.3 is 0 Å². The summed E-state index contributed by atoms with van der Waals surface area (Å²) < 4.78 is 13.6. The summed E-state index contributed by atoms with van der Waals surface area (Å²) >= 11 is 1.39. The van der Waals surface area contributed by atoms with Crippen molar-refractivity contribution in [1.29, 1.82) is 0 Å². The molecule has 1 aromatic heterocycles. The van der Waals surface area contributed by atoms with Gasteiger partial charge in [0.25, 0.3) is 5.91 Å². The minimum atomic E-state index is -0.312. The lowest BCUT2D eigenvalue weighted by Gasteiger charge is -2.24. The van der Waals surface area contributed by atoms with Crippen LogP contribution in [0.3, 0.4) is 0 Å². The Kier molecular flexibility index (Phi) is 5.71. The first-order chi connectivity index (χ1) is 14.1. The van der Waals surface area contributed by atoms with Crippen LogP contribution in [0.4, 0.5) is 4.39 Å². The molecule has 1 aliphatic heterocycles. The zero-order chi connectivity index (χ0) is 20.2. The zero-order valence-electron chi connectivity index (χ0n) is 16.0. The summed E-state index contributed by atoms with van der Waals surface area (Å²) in [4.78, 5) is 21.0. The number of carbonyl (C=O) groups excluding carboxylic acids is 1. The Morgan fingerprint density at radius 2 is 2.03 bits per heavy atom. The van der Waals surface area contributed by atoms with Crippen molar-refractivity contribution in [1.82, 2.24) is 4.90 Å². The SMILES string of the molecule is Cc1ccc(C2=NO[C@H](CN(Cc3cccc(F)c3)C(=O)c3cccs3)C2)cc1. The molecule has 0 N–H and O–H groups in total. The van der Waals surface area contributed by atoms with E-state index in [1.54, 1.807) is 17.0 Å². The van der Waals surface area contributed by atoms with Gasteiger partial charge in [-0.3, -0.25) is 4.79 Å². The number of nitrogens with zero attached hydrogens (tertiary/aromatic N) is 2. The highest BCUT2D eigenvalue weighted by molar-refractivity contribution is 7.12. The Bertz CT molecular complexity index is 1020. The number of carbonyl (C=O) groups is 1. The van der Waals surface area contributed by atoms with Crippen molar-refractivity contribution in [2.45, 2.75) is 26.0 Å². The van der Waals surface area contributed by atoms with E-state index in [1.165, 1.54) is 29.0 Å². The lowest BCUT2D eigenvalue weighted by atomic mass is 10.0. The topological polar surface area (TPSA) is 41.9 Å². The predicted octanol–water partition coefficient (Wildman–Crippen LogP) is 5.03. The minimum Gasteiger partial charge on any atom is -0.390 e. The van der Waals surface area contributed by atoms with Crippen LogP contribution in [0.2, 0.25) is 0 Å². The van der Waals surface area contributed by atoms with Crippen molar-refractivity contribution in [2.75, 3.05) is 6.54 Å². The van der Waals surface area contributed by atoms with E-state index < -0.39 is 0 Å². The number of aryl methyl sites for hydroxylation is 1. The van der Waals surface area contributed by atoms with Crippen LogP contribution in [0.25, 0.3) is 0 Å². The minimum absolute atomic E-state index is 0.0864. The average molecular weight is 408 g/mol. The molecule has 0 spiro atoms.